The van der Waals surface area contributed by atoms with Crippen molar-refractivity contribution in [3.63, 3.8) is 0 Å². The van der Waals surface area contributed by atoms with E-state index in [4.69, 9.17) is 25.8 Å². The van der Waals surface area contributed by atoms with Crippen LogP contribution in [0.5, 0.6) is 17.2 Å². The van der Waals surface area contributed by atoms with E-state index in [1.807, 2.05) is 66.7 Å². The molecule has 3 aromatic carbocycles. The number of rotatable bonds is 9. The van der Waals surface area contributed by atoms with Crippen molar-refractivity contribution in [2.24, 2.45) is 0 Å². The van der Waals surface area contributed by atoms with Gasteiger partial charge in [-0.15, -0.1) is 0 Å². The maximum Gasteiger partial charge on any atom is 0.224 e. The molecule has 3 aromatic rings. The Labute approximate surface area is 181 Å². The Morgan fingerprint density at radius 1 is 0.867 bits per heavy atom. The maximum absolute atomic E-state index is 12.3. The number of benzene rings is 3. The minimum absolute atomic E-state index is 0.0559. The van der Waals surface area contributed by atoms with E-state index >= 15 is 0 Å². The van der Waals surface area contributed by atoms with E-state index in [1.54, 1.807) is 14.2 Å². The maximum atomic E-state index is 12.3. The number of hydrogen-bond donors (Lipinski definition) is 1. The third-order valence-electron chi connectivity index (χ3n) is 4.55. The highest BCUT2D eigenvalue weighted by atomic mass is 35.5. The Kier molecular flexibility index (Phi) is 7.57. The number of amides is 1. The number of halogens is 1. The first kappa shape index (κ1) is 21.5. The minimum atomic E-state index is -0.0559. The summed E-state index contributed by atoms with van der Waals surface area (Å²) < 4.78 is 16.3. The van der Waals surface area contributed by atoms with Crippen LogP contribution >= 0.6 is 11.6 Å². The Morgan fingerprint density at radius 2 is 1.53 bits per heavy atom. The molecule has 5 nitrogen and oxygen atoms in total. The van der Waals surface area contributed by atoms with Crippen LogP contribution in [0.3, 0.4) is 0 Å². The second kappa shape index (κ2) is 10.6. The summed E-state index contributed by atoms with van der Waals surface area (Å²) in [5.41, 5.74) is 2.77. The Balaban J connectivity index is 1.47. The minimum Gasteiger partial charge on any atom is -0.493 e. The molecule has 156 valence electrons. The van der Waals surface area contributed by atoms with Crippen LogP contribution in [0.2, 0.25) is 5.02 Å². The van der Waals surface area contributed by atoms with Gasteiger partial charge in [-0.1, -0.05) is 29.8 Å². The summed E-state index contributed by atoms with van der Waals surface area (Å²) in [5, 5.41) is 3.60. The number of aryl methyl sites for hydroxylation is 1. The number of ether oxygens (including phenoxy) is 3. The van der Waals surface area contributed by atoms with Crippen molar-refractivity contribution in [2.45, 2.75) is 19.4 Å². The average Bonchev–Trinajstić information content (AvgIpc) is 2.78. The third-order valence-corrected chi connectivity index (χ3v) is 4.80. The molecular formula is C24H24ClNO4. The van der Waals surface area contributed by atoms with Crippen LogP contribution in [0.25, 0.3) is 0 Å². The molecule has 0 spiro atoms. The van der Waals surface area contributed by atoms with Crippen LogP contribution in [0, 0.1) is 0 Å². The standard InChI is InChI=1S/C24H24ClNO4/c1-28-22-13-5-17(15-23(22)29-2)6-14-24(27)26-20-9-11-21(12-10-20)30-16-18-3-7-19(25)8-4-18/h3-5,7-13,15H,6,14,16H2,1-2H3,(H,26,27). The number of methoxy groups -OCH3 is 2. The average molecular weight is 426 g/mol. The molecule has 0 fully saturated rings. The lowest BCUT2D eigenvalue weighted by Gasteiger charge is -2.10. The van der Waals surface area contributed by atoms with Crippen LogP contribution in [0.4, 0.5) is 5.69 Å². The second-order valence-corrected chi connectivity index (χ2v) is 7.11. The summed E-state index contributed by atoms with van der Waals surface area (Å²) in [6.45, 7) is 0.453. The Hall–Kier alpha value is -3.18. The topological polar surface area (TPSA) is 56.8 Å². The lowest BCUT2D eigenvalue weighted by atomic mass is 10.1. The summed E-state index contributed by atoms with van der Waals surface area (Å²) in [7, 11) is 3.19. The van der Waals surface area contributed by atoms with Crippen molar-refractivity contribution in [3.05, 3.63) is 82.9 Å². The molecule has 0 heterocycles. The lowest BCUT2D eigenvalue weighted by Crippen LogP contribution is -2.12. The van der Waals surface area contributed by atoms with Crippen LogP contribution in [-0.4, -0.2) is 20.1 Å². The monoisotopic (exact) mass is 425 g/mol. The van der Waals surface area contributed by atoms with E-state index in [0.29, 0.717) is 36.0 Å². The van der Waals surface area contributed by atoms with Crippen LogP contribution in [-0.2, 0) is 17.8 Å². The number of nitrogens with one attached hydrogen (secondary N) is 1. The van der Waals surface area contributed by atoms with E-state index in [-0.39, 0.29) is 5.91 Å². The van der Waals surface area contributed by atoms with Crippen molar-refractivity contribution in [2.75, 3.05) is 19.5 Å². The number of carbonyl (C=O) groups is 1. The van der Waals surface area contributed by atoms with E-state index in [9.17, 15) is 4.79 Å². The van der Waals surface area contributed by atoms with Crippen molar-refractivity contribution in [3.8, 4) is 17.2 Å². The molecule has 0 unspecified atom stereocenters. The van der Waals surface area contributed by atoms with E-state index < -0.39 is 0 Å². The van der Waals surface area contributed by atoms with E-state index in [2.05, 4.69) is 5.32 Å². The molecule has 0 aromatic heterocycles. The van der Waals surface area contributed by atoms with Gasteiger partial charge in [0, 0.05) is 17.1 Å². The van der Waals surface area contributed by atoms with Gasteiger partial charge >= 0.3 is 0 Å². The zero-order valence-corrected chi connectivity index (χ0v) is 17.7. The molecule has 0 atom stereocenters. The van der Waals surface area contributed by atoms with Crippen molar-refractivity contribution < 1.29 is 19.0 Å². The predicted octanol–water partition coefficient (Wildman–Crippen LogP) is 5.51. The molecule has 1 N–H and O–H groups in total. The van der Waals surface area contributed by atoms with Crippen molar-refractivity contribution in [1.82, 2.24) is 0 Å². The molecule has 30 heavy (non-hydrogen) atoms. The van der Waals surface area contributed by atoms with Gasteiger partial charge in [0.1, 0.15) is 12.4 Å². The number of hydrogen-bond acceptors (Lipinski definition) is 4. The van der Waals surface area contributed by atoms with Crippen molar-refractivity contribution >= 4 is 23.2 Å². The second-order valence-electron chi connectivity index (χ2n) is 6.68. The van der Waals surface area contributed by atoms with Gasteiger partial charge in [-0.25, -0.2) is 0 Å². The lowest BCUT2D eigenvalue weighted by molar-refractivity contribution is -0.116. The predicted molar refractivity (Wildman–Crippen MR) is 119 cm³/mol. The fourth-order valence-corrected chi connectivity index (χ4v) is 3.03. The van der Waals surface area contributed by atoms with Crippen LogP contribution in [0.1, 0.15) is 17.5 Å². The van der Waals surface area contributed by atoms with Gasteiger partial charge in [0.15, 0.2) is 11.5 Å². The smallest absolute Gasteiger partial charge is 0.224 e. The fraction of sp³-hybridized carbons (Fsp3) is 0.208. The Bertz CT molecular complexity index is 972. The van der Waals surface area contributed by atoms with Gasteiger partial charge < -0.3 is 19.5 Å². The molecule has 1 amide bonds. The summed E-state index contributed by atoms with van der Waals surface area (Å²) in [6.07, 6.45) is 0.971. The highest BCUT2D eigenvalue weighted by Crippen LogP contribution is 2.28. The summed E-state index contributed by atoms with van der Waals surface area (Å²) in [4.78, 5) is 12.3. The highest BCUT2D eigenvalue weighted by Gasteiger charge is 2.08. The van der Waals surface area contributed by atoms with Gasteiger partial charge in [0.25, 0.3) is 0 Å². The molecule has 0 radical (unpaired) electrons. The fourth-order valence-electron chi connectivity index (χ4n) is 2.90. The SMILES string of the molecule is COc1ccc(CCC(=O)Nc2ccc(OCc3ccc(Cl)cc3)cc2)cc1OC. The molecule has 0 aliphatic rings. The van der Waals surface area contributed by atoms with Crippen molar-refractivity contribution in [1.29, 1.82) is 0 Å². The molecular weight excluding hydrogens is 402 g/mol. The summed E-state index contributed by atoms with van der Waals surface area (Å²) in [5.74, 6) is 2.00. The molecule has 0 saturated heterocycles. The van der Waals surface area contributed by atoms with E-state index in [1.165, 1.54) is 0 Å². The molecule has 6 heteroatoms. The zero-order chi connectivity index (χ0) is 21.3. The number of anilines is 1. The normalized spacial score (nSPS) is 10.4. The quantitative estimate of drug-likeness (QED) is 0.491. The Morgan fingerprint density at radius 3 is 2.20 bits per heavy atom. The van der Waals surface area contributed by atoms with Crippen LogP contribution < -0.4 is 19.5 Å². The van der Waals surface area contributed by atoms with Gasteiger partial charge in [0.05, 0.1) is 14.2 Å². The van der Waals surface area contributed by atoms with Gasteiger partial charge in [0.2, 0.25) is 5.91 Å². The molecule has 0 saturated carbocycles. The largest absolute Gasteiger partial charge is 0.493 e. The first-order valence-electron chi connectivity index (χ1n) is 9.55. The zero-order valence-electron chi connectivity index (χ0n) is 17.0. The van der Waals surface area contributed by atoms with Gasteiger partial charge in [-0.2, -0.15) is 0 Å². The molecule has 3 rings (SSSR count). The van der Waals surface area contributed by atoms with Gasteiger partial charge in [-0.05, 0) is 66.1 Å². The third kappa shape index (κ3) is 6.16. The first-order valence-corrected chi connectivity index (χ1v) is 9.93. The molecule has 0 bridgehead atoms. The summed E-state index contributed by atoms with van der Waals surface area (Å²) in [6, 6.07) is 20.5. The number of carbonyl (C=O) groups excluding carboxylic acids is 1. The molecule has 0 aliphatic heterocycles. The molecule has 0 aliphatic carbocycles. The first-order chi connectivity index (χ1) is 14.6. The highest BCUT2D eigenvalue weighted by molar-refractivity contribution is 6.30. The van der Waals surface area contributed by atoms with Gasteiger partial charge in [-0.3, -0.25) is 4.79 Å². The van der Waals surface area contributed by atoms with Crippen LogP contribution in [0.15, 0.2) is 66.7 Å². The van der Waals surface area contributed by atoms with E-state index in [0.717, 1.165) is 22.6 Å². The summed E-state index contributed by atoms with van der Waals surface area (Å²) >= 11 is 5.88.